The lowest BCUT2D eigenvalue weighted by atomic mass is 10.1. The Hall–Kier alpha value is -1.06. The molecule has 2 rings (SSSR count). The molecule has 94 valence electrons. The summed E-state index contributed by atoms with van der Waals surface area (Å²) in [6.45, 7) is 1.70. The molecule has 1 atom stereocenters. The van der Waals surface area contributed by atoms with Gasteiger partial charge in [0.2, 0.25) is 0 Å². The molecule has 0 bridgehead atoms. The predicted octanol–water partition coefficient (Wildman–Crippen LogP) is 1.86. The minimum Gasteiger partial charge on any atom is -0.497 e. The minimum absolute atomic E-state index is 0.529. The second-order valence-electron chi connectivity index (χ2n) is 4.91. The van der Waals surface area contributed by atoms with E-state index in [-0.39, 0.29) is 0 Å². The average molecular weight is 234 g/mol. The zero-order valence-corrected chi connectivity index (χ0v) is 10.7. The molecule has 1 aliphatic rings. The molecule has 17 heavy (non-hydrogen) atoms. The van der Waals surface area contributed by atoms with Crippen LogP contribution in [0.5, 0.6) is 5.75 Å². The van der Waals surface area contributed by atoms with Gasteiger partial charge in [0, 0.05) is 19.1 Å². The van der Waals surface area contributed by atoms with Crippen LogP contribution in [0.3, 0.4) is 0 Å². The third kappa shape index (κ3) is 3.20. The van der Waals surface area contributed by atoms with Gasteiger partial charge in [-0.15, -0.1) is 0 Å². The fourth-order valence-electron chi connectivity index (χ4n) is 2.39. The zero-order chi connectivity index (χ0) is 12.3. The van der Waals surface area contributed by atoms with Crippen LogP contribution in [0.2, 0.25) is 0 Å². The van der Waals surface area contributed by atoms with E-state index in [0.29, 0.717) is 6.04 Å². The summed E-state index contributed by atoms with van der Waals surface area (Å²) in [5, 5.41) is 0. The topological polar surface area (TPSA) is 38.5 Å². The molecule has 0 spiro atoms. The van der Waals surface area contributed by atoms with Gasteiger partial charge in [-0.3, -0.25) is 4.90 Å². The number of rotatable bonds is 6. The van der Waals surface area contributed by atoms with E-state index in [1.165, 1.54) is 18.4 Å². The quantitative estimate of drug-likeness (QED) is 0.816. The summed E-state index contributed by atoms with van der Waals surface area (Å²) in [6, 6.07) is 8.78. The Kier molecular flexibility index (Phi) is 4.02. The highest BCUT2D eigenvalue weighted by Gasteiger charge is 2.32. The summed E-state index contributed by atoms with van der Waals surface area (Å²) < 4.78 is 5.24. The van der Waals surface area contributed by atoms with Gasteiger partial charge in [-0.05, 0) is 43.5 Å². The molecule has 0 radical (unpaired) electrons. The number of nitrogens with two attached hydrogens (primary N) is 1. The van der Waals surface area contributed by atoms with Gasteiger partial charge >= 0.3 is 0 Å². The first-order chi connectivity index (χ1) is 8.24. The van der Waals surface area contributed by atoms with Gasteiger partial charge in [-0.25, -0.2) is 0 Å². The fourth-order valence-corrected chi connectivity index (χ4v) is 2.39. The van der Waals surface area contributed by atoms with Gasteiger partial charge in [0.15, 0.2) is 0 Å². The number of likely N-dealkylation sites (N-methyl/N-ethyl adjacent to an activating group) is 1. The fraction of sp³-hybridized carbons (Fsp3) is 0.571. The Morgan fingerprint density at radius 1 is 1.47 bits per heavy atom. The first-order valence-corrected chi connectivity index (χ1v) is 6.28. The molecule has 0 amide bonds. The Morgan fingerprint density at radius 2 is 2.24 bits per heavy atom. The summed E-state index contributed by atoms with van der Waals surface area (Å²) in [6.07, 6.45) is 2.68. The summed E-state index contributed by atoms with van der Waals surface area (Å²) in [5.41, 5.74) is 7.14. The Bertz CT molecular complexity index is 363. The first kappa shape index (κ1) is 12.4. The van der Waals surface area contributed by atoms with Gasteiger partial charge in [0.25, 0.3) is 0 Å². The lowest BCUT2D eigenvalue weighted by Crippen LogP contribution is -2.39. The molecule has 0 heterocycles. The van der Waals surface area contributed by atoms with E-state index in [2.05, 4.69) is 24.1 Å². The van der Waals surface area contributed by atoms with Gasteiger partial charge in [-0.2, -0.15) is 0 Å². The highest BCUT2D eigenvalue weighted by Crippen LogP contribution is 2.35. The van der Waals surface area contributed by atoms with Crippen molar-refractivity contribution in [2.45, 2.75) is 25.4 Å². The molecule has 3 heteroatoms. The Balaban J connectivity index is 1.98. The number of benzene rings is 1. The number of ether oxygens (including phenoxy) is 1. The molecule has 0 saturated heterocycles. The van der Waals surface area contributed by atoms with Crippen molar-refractivity contribution in [3.8, 4) is 5.75 Å². The third-order valence-electron chi connectivity index (χ3n) is 3.54. The minimum atomic E-state index is 0.529. The molecule has 1 aromatic carbocycles. The number of methoxy groups -OCH3 is 1. The van der Waals surface area contributed by atoms with Gasteiger partial charge in [0.1, 0.15) is 5.75 Å². The Labute approximate surface area is 104 Å². The summed E-state index contributed by atoms with van der Waals surface area (Å²) in [4.78, 5) is 2.37. The molecule has 0 aromatic heterocycles. The van der Waals surface area contributed by atoms with Gasteiger partial charge in [0.05, 0.1) is 7.11 Å². The van der Waals surface area contributed by atoms with Crippen LogP contribution in [-0.4, -0.2) is 31.6 Å². The largest absolute Gasteiger partial charge is 0.497 e. The summed E-state index contributed by atoms with van der Waals surface area (Å²) in [7, 11) is 3.87. The molecule has 1 aromatic rings. The van der Waals surface area contributed by atoms with Crippen LogP contribution in [0.15, 0.2) is 24.3 Å². The molecule has 1 saturated carbocycles. The van der Waals surface area contributed by atoms with Crippen LogP contribution in [0.25, 0.3) is 0 Å². The van der Waals surface area contributed by atoms with Crippen molar-refractivity contribution in [2.75, 3.05) is 20.7 Å². The maximum absolute atomic E-state index is 5.86. The van der Waals surface area contributed by atoms with Crippen LogP contribution in [0.1, 0.15) is 18.4 Å². The van der Waals surface area contributed by atoms with Crippen LogP contribution in [0.4, 0.5) is 0 Å². The monoisotopic (exact) mass is 234 g/mol. The van der Waals surface area contributed by atoms with E-state index in [1.807, 2.05) is 12.1 Å². The summed E-state index contributed by atoms with van der Waals surface area (Å²) >= 11 is 0. The third-order valence-corrected chi connectivity index (χ3v) is 3.54. The predicted molar refractivity (Wildman–Crippen MR) is 70.0 cm³/mol. The Morgan fingerprint density at radius 3 is 2.82 bits per heavy atom. The van der Waals surface area contributed by atoms with Crippen molar-refractivity contribution < 1.29 is 4.74 Å². The van der Waals surface area contributed by atoms with E-state index in [9.17, 15) is 0 Å². The van der Waals surface area contributed by atoms with E-state index in [4.69, 9.17) is 10.5 Å². The molecule has 0 aliphatic heterocycles. The average Bonchev–Trinajstić information content (AvgIpc) is 3.15. The molecule has 1 aliphatic carbocycles. The van der Waals surface area contributed by atoms with E-state index < -0.39 is 0 Å². The normalized spacial score (nSPS) is 17.2. The molecule has 1 unspecified atom stereocenters. The maximum Gasteiger partial charge on any atom is 0.119 e. The smallest absolute Gasteiger partial charge is 0.119 e. The molecule has 3 nitrogen and oxygen atoms in total. The second-order valence-corrected chi connectivity index (χ2v) is 4.91. The van der Waals surface area contributed by atoms with E-state index in [0.717, 1.165) is 24.8 Å². The molecule has 2 N–H and O–H groups in total. The molecular formula is C14H22N2O. The SMILES string of the molecule is COc1cccc(CN(C)C(CN)C2CC2)c1. The standard InChI is InChI=1S/C14H22N2O/c1-16(14(9-15)12-6-7-12)10-11-4-3-5-13(8-11)17-2/h3-5,8,12,14H,6-7,9-10,15H2,1-2H3. The highest BCUT2D eigenvalue weighted by atomic mass is 16.5. The van der Waals surface area contributed by atoms with Gasteiger partial charge in [-0.1, -0.05) is 12.1 Å². The van der Waals surface area contributed by atoms with Crippen LogP contribution in [0, 0.1) is 5.92 Å². The maximum atomic E-state index is 5.86. The number of nitrogens with zero attached hydrogens (tertiary/aromatic N) is 1. The lowest BCUT2D eigenvalue weighted by Gasteiger charge is -2.27. The first-order valence-electron chi connectivity index (χ1n) is 6.28. The lowest BCUT2D eigenvalue weighted by molar-refractivity contribution is 0.215. The zero-order valence-electron chi connectivity index (χ0n) is 10.7. The number of hydrogen-bond acceptors (Lipinski definition) is 3. The van der Waals surface area contributed by atoms with E-state index >= 15 is 0 Å². The van der Waals surface area contributed by atoms with Crippen molar-refractivity contribution in [3.05, 3.63) is 29.8 Å². The summed E-state index contributed by atoms with van der Waals surface area (Å²) in [5.74, 6) is 1.74. The molecular weight excluding hydrogens is 212 g/mol. The van der Waals surface area contributed by atoms with Crippen molar-refractivity contribution in [1.29, 1.82) is 0 Å². The molecule has 1 fully saturated rings. The van der Waals surface area contributed by atoms with Gasteiger partial charge < -0.3 is 10.5 Å². The van der Waals surface area contributed by atoms with Crippen LogP contribution < -0.4 is 10.5 Å². The second kappa shape index (κ2) is 5.52. The van der Waals surface area contributed by atoms with E-state index in [1.54, 1.807) is 7.11 Å². The highest BCUT2D eigenvalue weighted by molar-refractivity contribution is 5.28. The van der Waals surface area contributed by atoms with Crippen LogP contribution in [-0.2, 0) is 6.54 Å². The van der Waals surface area contributed by atoms with Crippen LogP contribution >= 0.6 is 0 Å². The van der Waals surface area contributed by atoms with Crippen molar-refractivity contribution in [1.82, 2.24) is 4.90 Å². The van der Waals surface area contributed by atoms with Crippen molar-refractivity contribution in [3.63, 3.8) is 0 Å². The number of hydrogen-bond donors (Lipinski definition) is 1. The van der Waals surface area contributed by atoms with Crippen molar-refractivity contribution in [2.24, 2.45) is 11.7 Å². The van der Waals surface area contributed by atoms with Crippen molar-refractivity contribution >= 4 is 0 Å².